The first-order valence-corrected chi connectivity index (χ1v) is 8.44. The highest BCUT2D eigenvalue weighted by molar-refractivity contribution is 6.35. The van der Waals surface area contributed by atoms with Gasteiger partial charge in [0.15, 0.2) is 5.96 Å². The maximum atomic E-state index is 6.40. The Labute approximate surface area is 141 Å². The van der Waals surface area contributed by atoms with Crippen LogP contribution in [0.15, 0.2) is 23.2 Å². The Hall–Kier alpha value is -0.970. The maximum Gasteiger partial charge on any atom is 0.191 e. The number of hydrogen-bond acceptors (Lipinski definition) is 2. The fourth-order valence-electron chi connectivity index (χ4n) is 3.16. The van der Waals surface area contributed by atoms with Crippen LogP contribution >= 0.6 is 23.2 Å². The zero-order valence-corrected chi connectivity index (χ0v) is 14.0. The molecular formula is C16H21Cl2N3O. The van der Waals surface area contributed by atoms with E-state index in [0.29, 0.717) is 30.7 Å². The van der Waals surface area contributed by atoms with E-state index in [1.165, 1.54) is 6.42 Å². The van der Waals surface area contributed by atoms with Gasteiger partial charge in [0.25, 0.3) is 0 Å². The molecule has 0 amide bonds. The molecule has 1 aromatic carbocycles. The molecule has 120 valence electrons. The van der Waals surface area contributed by atoms with Gasteiger partial charge in [0.1, 0.15) is 0 Å². The first-order valence-electron chi connectivity index (χ1n) is 7.69. The molecule has 0 radical (unpaired) electrons. The molecule has 1 saturated heterocycles. The standard InChI is InChI=1S/C16H21Cl2N3O/c17-12-2-3-13(14(18)10-12)16(4-1-5-16)11-20-15(19)21-6-8-22-9-7-21/h2-3,10H,1,4-9,11H2,(H2,19,20). The first kappa shape index (κ1) is 15.9. The van der Waals surface area contributed by atoms with E-state index < -0.39 is 0 Å². The van der Waals surface area contributed by atoms with Gasteiger partial charge in [-0.3, -0.25) is 4.99 Å². The summed E-state index contributed by atoms with van der Waals surface area (Å²) in [5.41, 5.74) is 7.30. The molecule has 1 aliphatic carbocycles. The quantitative estimate of drug-likeness (QED) is 0.678. The molecule has 0 bridgehead atoms. The van der Waals surface area contributed by atoms with Crippen LogP contribution in [0.5, 0.6) is 0 Å². The van der Waals surface area contributed by atoms with E-state index in [1.807, 2.05) is 18.2 Å². The predicted molar refractivity (Wildman–Crippen MR) is 90.9 cm³/mol. The van der Waals surface area contributed by atoms with Crippen LogP contribution in [0.3, 0.4) is 0 Å². The molecule has 0 aromatic heterocycles. The summed E-state index contributed by atoms with van der Waals surface area (Å²) in [6, 6.07) is 5.75. The Morgan fingerprint density at radius 3 is 2.59 bits per heavy atom. The Morgan fingerprint density at radius 1 is 1.27 bits per heavy atom. The number of nitrogens with zero attached hydrogens (tertiary/aromatic N) is 2. The summed E-state index contributed by atoms with van der Waals surface area (Å²) in [5.74, 6) is 0.611. The van der Waals surface area contributed by atoms with Crippen LogP contribution in [0.1, 0.15) is 24.8 Å². The second-order valence-electron chi connectivity index (χ2n) is 6.03. The first-order chi connectivity index (χ1) is 10.6. The summed E-state index contributed by atoms with van der Waals surface area (Å²) in [6.07, 6.45) is 3.38. The summed E-state index contributed by atoms with van der Waals surface area (Å²) in [4.78, 5) is 6.74. The smallest absolute Gasteiger partial charge is 0.191 e. The summed E-state index contributed by atoms with van der Waals surface area (Å²) in [6.45, 7) is 3.72. The van der Waals surface area contributed by atoms with Crippen LogP contribution in [0.2, 0.25) is 10.0 Å². The lowest BCUT2D eigenvalue weighted by Crippen LogP contribution is -2.46. The van der Waals surface area contributed by atoms with Gasteiger partial charge < -0.3 is 15.4 Å². The minimum atomic E-state index is 0.0125. The van der Waals surface area contributed by atoms with Crippen molar-refractivity contribution in [2.45, 2.75) is 24.7 Å². The van der Waals surface area contributed by atoms with Crippen LogP contribution < -0.4 is 5.73 Å². The Bertz CT molecular complexity index is 567. The molecule has 1 heterocycles. The van der Waals surface area contributed by atoms with E-state index in [2.05, 4.69) is 9.89 Å². The van der Waals surface area contributed by atoms with Gasteiger partial charge in [-0.1, -0.05) is 35.7 Å². The van der Waals surface area contributed by atoms with Crippen molar-refractivity contribution in [3.8, 4) is 0 Å². The number of guanidine groups is 1. The number of halogens is 2. The fraction of sp³-hybridized carbons (Fsp3) is 0.562. The highest BCUT2D eigenvalue weighted by Gasteiger charge is 2.40. The molecule has 0 atom stereocenters. The van der Waals surface area contributed by atoms with Crippen LogP contribution in [0, 0.1) is 0 Å². The molecule has 3 rings (SSSR count). The number of ether oxygens (including phenoxy) is 1. The van der Waals surface area contributed by atoms with E-state index in [0.717, 1.165) is 36.5 Å². The van der Waals surface area contributed by atoms with Gasteiger partial charge in [-0.25, -0.2) is 0 Å². The van der Waals surface area contributed by atoms with Crippen molar-refractivity contribution in [3.05, 3.63) is 33.8 Å². The number of hydrogen-bond donors (Lipinski definition) is 1. The SMILES string of the molecule is NC(=NCC1(c2ccc(Cl)cc2Cl)CCC1)N1CCOCC1. The monoisotopic (exact) mass is 341 g/mol. The van der Waals surface area contributed by atoms with Crippen molar-refractivity contribution in [2.75, 3.05) is 32.8 Å². The molecule has 1 saturated carbocycles. The predicted octanol–water partition coefficient (Wildman–Crippen LogP) is 3.06. The summed E-state index contributed by atoms with van der Waals surface area (Å²) in [5, 5.41) is 1.40. The summed E-state index contributed by atoms with van der Waals surface area (Å²) in [7, 11) is 0. The van der Waals surface area contributed by atoms with Crippen molar-refractivity contribution >= 4 is 29.2 Å². The van der Waals surface area contributed by atoms with Crippen LogP contribution in [-0.4, -0.2) is 43.7 Å². The van der Waals surface area contributed by atoms with Crippen LogP contribution in [0.4, 0.5) is 0 Å². The Balaban J connectivity index is 1.76. The molecule has 4 nitrogen and oxygen atoms in total. The fourth-order valence-corrected chi connectivity index (χ4v) is 3.77. The molecule has 1 aromatic rings. The second kappa shape index (κ2) is 6.65. The molecular weight excluding hydrogens is 321 g/mol. The normalized spacial score (nSPS) is 21.5. The third-order valence-corrected chi connectivity index (χ3v) is 5.24. The molecule has 0 unspecified atom stereocenters. The van der Waals surface area contributed by atoms with E-state index in [9.17, 15) is 0 Å². The van der Waals surface area contributed by atoms with Gasteiger partial charge in [0.2, 0.25) is 0 Å². The minimum absolute atomic E-state index is 0.0125. The van der Waals surface area contributed by atoms with Crippen LogP contribution in [-0.2, 0) is 10.2 Å². The average Bonchev–Trinajstić information content (AvgIpc) is 2.48. The van der Waals surface area contributed by atoms with Crippen molar-refractivity contribution < 1.29 is 4.74 Å². The zero-order chi connectivity index (χ0) is 15.6. The van der Waals surface area contributed by atoms with Crippen LogP contribution in [0.25, 0.3) is 0 Å². The third-order valence-electron chi connectivity index (χ3n) is 4.69. The highest BCUT2D eigenvalue weighted by Crippen LogP contribution is 2.47. The summed E-state index contributed by atoms with van der Waals surface area (Å²) < 4.78 is 5.34. The van der Waals surface area contributed by atoms with Crippen molar-refractivity contribution in [2.24, 2.45) is 10.7 Å². The lowest BCUT2D eigenvalue weighted by Gasteiger charge is -2.42. The third kappa shape index (κ3) is 3.19. The maximum absolute atomic E-state index is 6.40. The Kier molecular flexibility index (Phi) is 4.81. The molecule has 0 spiro atoms. The van der Waals surface area contributed by atoms with E-state index in [1.54, 1.807) is 0 Å². The Morgan fingerprint density at radius 2 is 2.00 bits per heavy atom. The minimum Gasteiger partial charge on any atom is -0.378 e. The lowest BCUT2D eigenvalue weighted by molar-refractivity contribution is 0.0673. The molecule has 6 heteroatoms. The number of nitrogens with two attached hydrogens (primary N) is 1. The number of rotatable bonds is 3. The topological polar surface area (TPSA) is 50.8 Å². The molecule has 2 aliphatic rings. The molecule has 1 aliphatic heterocycles. The highest BCUT2D eigenvalue weighted by atomic mass is 35.5. The molecule has 22 heavy (non-hydrogen) atoms. The van der Waals surface area contributed by atoms with Gasteiger partial charge >= 0.3 is 0 Å². The van der Waals surface area contributed by atoms with Gasteiger partial charge in [0, 0.05) is 28.5 Å². The second-order valence-corrected chi connectivity index (χ2v) is 6.88. The largest absolute Gasteiger partial charge is 0.378 e. The van der Waals surface area contributed by atoms with Crippen molar-refractivity contribution in [1.82, 2.24) is 4.90 Å². The van der Waals surface area contributed by atoms with Gasteiger partial charge in [-0.05, 0) is 30.5 Å². The van der Waals surface area contributed by atoms with Crippen molar-refractivity contribution in [1.29, 1.82) is 0 Å². The molecule has 2 fully saturated rings. The van der Waals surface area contributed by atoms with Crippen molar-refractivity contribution in [3.63, 3.8) is 0 Å². The van der Waals surface area contributed by atoms with Gasteiger partial charge in [-0.15, -0.1) is 0 Å². The van der Waals surface area contributed by atoms with E-state index >= 15 is 0 Å². The van der Waals surface area contributed by atoms with E-state index in [-0.39, 0.29) is 5.41 Å². The zero-order valence-electron chi connectivity index (χ0n) is 12.5. The van der Waals surface area contributed by atoms with E-state index in [4.69, 9.17) is 33.7 Å². The van der Waals surface area contributed by atoms with Gasteiger partial charge in [-0.2, -0.15) is 0 Å². The van der Waals surface area contributed by atoms with Gasteiger partial charge in [0.05, 0.1) is 19.8 Å². The average molecular weight is 342 g/mol. The summed E-state index contributed by atoms with van der Waals surface area (Å²) >= 11 is 12.4. The number of aliphatic imine (C=N–C) groups is 1. The number of morpholine rings is 1. The molecule has 2 N–H and O–H groups in total. The lowest BCUT2D eigenvalue weighted by atomic mass is 9.64. The number of benzene rings is 1.